The van der Waals surface area contributed by atoms with Gasteiger partial charge in [-0.1, -0.05) is 223 Å². The normalized spacial score (nSPS) is 13.3. The zero-order chi connectivity index (χ0) is 39.3. The van der Waals surface area contributed by atoms with Crippen LogP contribution in [0.25, 0.3) is 0 Å². The highest BCUT2D eigenvalue weighted by Gasteiger charge is 2.17. The van der Waals surface area contributed by atoms with E-state index in [1.165, 1.54) is 186 Å². The number of aliphatic hydroxyl groups excluding tert-OH is 2. The molecule has 0 fully saturated rings. The smallest absolute Gasteiger partial charge is 0.220 e. The number of allylic oxidation sites excluding steroid dienone is 7. The molecule has 0 bridgehead atoms. The highest BCUT2D eigenvalue weighted by atomic mass is 16.3. The molecule has 0 radical (unpaired) electrons. The molecule has 4 nitrogen and oxygen atoms in total. The monoisotopic (exact) mass is 756 g/mol. The van der Waals surface area contributed by atoms with Crippen molar-refractivity contribution in [2.24, 2.45) is 0 Å². The summed E-state index contributed by atoms with van der Waals surface area (Å²) >= 11 is 0. The number of nitrogens with one attached hydrogen (secondary N) is 1. The van der Waals surface area contributed by atoms with Crippen LogP contribution in [0.3, 0.4) is 0 Å². The Bertz CT molecular complexity index is 862. The van der Waals surface area contributed by atoms with E-state index in [1.54, 1.807) is 6.08 Å². The molecular formula is C50H93NO3. The van der Waals surface area contributed by atoms with Crippen LogP contribution in [0.1, 0.15) is 245 Å². The lowest BCUT2D eigenvalue weighted by Crippen LogP contribution is -2.45. The molecule has 0 spiro atoms. The van der Waals surface area contributed by atoms with Crippen LogP contribution in [0, 0.1) is 0 Å². The van der Waals surface area contributed by atoms with Crippen molar-refractivity contribution in [3.05, 3.63) is 48.6 Å². The summed E-state index contributed by atoms with van der Waals surface area (Å²) in [6, 6.07) is -0.639. The van der Waals surface area contributed by atoms with Crippen molar-refractivity contribution in [2.75, 3.05) is 6.61 Å². The van der Waals surface area contributed by atoms with Gasteiger partial charge in [-0.3, -0.25) is 4.79 Å². The topological polar surface area (TPSA) is 69.6 Å². The summed E-state index contributed by atoms with van der Waals surface area (Å²) in [5.41, 5.74) is 0. The maximum atomic E-state index is 12.4. The average Bonchev–Trinajstić information content (AvgIpc) is 3.18. The number of unbranched alkanes of at least 4 members (excludes halogenated alkanes) is 30. The third-order valence-electron chi connectivity index (χ3n) is 10.8. The molecular weight excluding hydrogens is 663 g/mol. The van der Waals surface area contributed by atoms with Crippen LogP contribution >= 0.6 is 0 Å². The van der Waals surface area contributed by atoms with E-state index >= 15 is 0 Å². The summed E-state index contributed by atoms with van der Waals surface area (Å²) < 4.78 is 0. The van der Waals surface area contributed by atoms with Gasteiger partial charge in [0.1, 0.15) is 0 Å². The van der Waals surface area contributed by atoms with Crippen LogP contribution in [0.5, 0.6) is 0 Å². The number of hydrogen-bond donors (Lipinski definition) is 3. The van der Waals surface area contributed by atoms with Crippen molar-refractivity contribution < 1.29 is 15.0 Å². The molecule has 0 aliphatic carbocycles. The minimum absolute atomic E-state index is 0.0742. The molecule has 2 atom stereocenters. The van der Waals surface area contributed by atoms with Gasteiger partial charge in [-0.2, -0.15) is 0 Å². The standard InChI is InChI=1S/C50H93NO3/c1-3-5-7-9-11-13-15-17-19-21-22-23-24-25-26-27-28-30-32-34-36-38-40-42-44-46-50(54)51-48(47-52)49(53)45-43-41-39-37-35-33-31-29-20-18-16-14-12-10-8-6-4-2/h15,17,21-22,35,37,43,45,48-49,52-53H,3-14,16,18-20,23-34,36,38-42,44,46-47H2,1-2H3,(H,51,54)/b17-15-,22-21-,37-35+,45-43+. The molecule has 0 rings (SSSR count). The van der Waals surface area contributed by atoms with E-state index in [1.807, 2.05) is 6.08 Å². The first-order valence-electron chi connectivity index (χ1n) is 23.9. The summed E-state index contributed by atoms with van der Waals surface area (Å²) in [6.45, 7) is 4.29. The predicted molar refractivity (Wildman–Crippen MR) is 239 cm³/mol. The van der Waals surface area contributed by atoms with Crippen molar-refractivity contribution in [1.29, 1.82) is 0 Å². The van der Waals surface area contributed by atoms with Crippen molar-refractivity contribution in [1.82, 2.24) is 5.32 Å². The molecule has 316 valence electrons. The predicted octanol–water partition coefficient (Wildman–Crippen LogP) is 15.1. The van der Waals surface area contributed by atoms with Crippen LogP contribution in [0.4, 0.5) is 0 Å². The second-order valence-electron chi connectivity index (χ2n) is 16.2. The average molecular weight is 756 g/mol. The Hall–Kier alpha value is -1.65. The Labute approximate surface area is 337 Å². The van der Waals surface area contributed by atoms with E-state index in [0.29, 0.717) is 6.42 Å². The van der Waals surface area contributed by atoms with Gasteiger partial charge in [0, 0.05) is 6.42 Å². The summed E-state index contributed by atoms with van der Waals surface area (Å²) in [5.74, 6) is -0.0742. The molecule has 0 aromatic rings. The molecule has 54 heavy (non-hydrogen) atoms. The molecule has 0 saturated heterocycles. The van der Waals surface area contributed by atoms with Gasteiger partial charge in [0.2, 0.25) is 5.91 Å². The SMILES string of the molecule is CCCCCCC/C=C\C/C=C\CCCCCCCCCCCCCCCC(=O)NC(CO)C(O)/C=C/CC/C=C/CCCCCCCCCCCCC. The molecule has 0 aromatic heterocycles. The maximum absolute atomic E-state index is 12.4. The first-order valence-corrected chi connectivity index (χ1v) is 23.9. The third-order valence-corrected chi connectivity index (χ3v) is 10.8. The van der Waals surface area contributed by atoms with Gasteiger partial charge in [-0.05, 0) is 64.2 Å². The van der Waals surface area contributed by atoms with Gasteiger partial charge < -0.3 is 15.5 Å². The van der Waals surface area contributed by atoms with Crippen LogP contribution in [-0.2, 0) is 4.79 Å². The lowest BCUT2D eigenvalue weighted by atomic mass is 10.0. The zero-order valence-electron chi connectivity index (χ0n) is 36.2. The highest BCUT2D eigenvalue weighted by Crippen LogP contribution is 2.15. The number of carbonyl (C=O) groups excluding carboxylic acids is 1. The molecule has 0 aromatic carbocycles. The van der Waals surface area contributed by atoms with Gasteiger partial charge in [0.25, 0.3) is 0 Å². The summed E-state index contributed by atoms with van der Waals surface area (Å²) in [5, 5.41) is 23.0. The summed E-state index contributed by atoms with van der Waals surface area (Å²) in [7, 11) is 0. The highest BCUT2D eigenvalue weighted by molar-refractivity contribution is 5.76. The Morgan fingerprint density at radius 3 is 1.19 bits per heavy atom. The molecule has 0 aliphatic heterocycles. The van der Waals surface area contributed by atoms with Crippen molar-refractivity contribution in [2.45, 2.75) is 257 Å². The maximum Gasteiger partial charge on any atom is 0.220 e. The molecule has 3 N–H and O–H groups in total. The largest absolute Gasteiger partial charge is 0.394 e. The van der Waals surface area contributed by atoms with Crippen LogP contribution < -0.4 is 5.32 Å². The second-order valence-corrected chi connectivity index (χ2v) is 16.2. The Balaban J connectivity index is 3.56. The van der Waals surface area contributed by atoms with Crippen LogP contribution in [-0.4, -0.2) is 34.9 Å². The van der Waals surface area contributed by atoms with Gasteiger partial charge in [0.15, 0.2) is 0 Å². The fourth-order valence-corrected chi connectivity index (χ4v) is 7.11. The molecule has 0 saturated carbocycles. The van der Waals surface area contributed by atoms with Gasteiger partial charge in [-0.15, -0.1) is 0 Å². The van der Waals surface area contributed by atoms with E-state index < -0.39 is 12.1 Å². The zero-order valence-corrected chi connectivity index (χ0v) is 36.2. The Morgan fingerprint density at radius 1 is 0.444 bits per heavy atom. The summed E-state index contributed by atoms with van der Waals surface area (Å²) in [4.78, 5) is 12.4. The van der Waals surface area contributed by atoms with Gasteiger partial charge >= 0.3 is 0 Å². The molecule has 0 heterocycles. The fourth-order valence-electron chi connectivity index (χ4n) is 7.11. The quantitative estimate of drug-likeness (QED) is 0.0429. The summed E-state index contributed by atoms with van der Waals surface area (Å²) in [6.07, 6.45) is 62.3. The van der Waals surface area contributed by atoms with Gasteiger partial charge in [0.05, 0.1) is 18.8 Å². The van der Waals surface area contributed by atoms with Crippen molar-refractivity contribution in [3.8, 4) is 0 Å². The van der Waals surface area contributed by atoms with E-state index in [2.05, 4.69) is 55.6 Å². The fraction of sp³-hybridized carbons (Fsp3) is 0.820. The number of hydrogen-bond acceptors (Lipinski definition) is 3. The molecule has 4 heteroatoms. The van der Waals surface area contributed by atoms with Crippen molar-refractivity contribution >= 4 is 5.91 Å². The number of carbonyl (C=O) groups is 1. The minimum atomic E-state index is -0.862. The van der Waals surface area contributed by atoms with Gasteiger partial charge in [-0.25, -0.2) is 0 Å². The first-order chi connectivity index (χ1) is 26.7. The van der Waals surface area contributed by atoms with E-state index in [4.69, 9.17) is 0 Å². The number of amides is 1. The Morgan fingerprint density at radius 2 is 0.778 bits per heavy atom. The first kappa shape index (κ1) is 52.3. The number of aliphatic hydroxyl groups is 2. The van der Waals surface area contributed by atoms with Crippen molar-refractivity contribution in [3.63, 3.8) is 0 Å². The lowest BCUT2D eigenvalue weighted by molar-refractivity contribution is -0.123. The van der Waals surface area contributed by atoms with E-state index in [-0.39, 0.29) is 12.5 Å². The van der Waals surface area contributed by atoms with E-state index in [9.17, 15) is 15.0 Å². The lowest BCUT2D eigenvalue weighted by Gasteiger charge is -2.19. The molecule has 0 aliphatic rings. The number of rotatable bonds is 43. The van der Waals surface area contributed by atoms with E-state index in [0.717, 1.165) is 38.5 Å². The minimum Gasteiger partial charge on any atom is -0.394 e. The van der Waals surface area contributed by atoms with Crippen LogP contribution in [0.15, 0.2) is 48.6 Å². The Kier molecular flexibility index (Phi) is 44.3. The third kappa shape index (κ3) is 41.5. The molecule has 1 amide bonds. The molecule has 2 unspecified atom stereocenters. The van der Waals surface area contributed by atoms with Crippen LogP contribution in [0.2, 0.25) is 0 Å². The second kappa shape index (κ2) is 45.7.